The number of carbonyl (C=O) groups excluding carboxylic acids is 3. The number of hydrogen-bond donors (Lipinski definition) is 1. The van der Waals surface area contributed by atoms with Gasteiger partial charge < -0.3 is 19.6 Å². The lowest BCUT2D eigenvalue weighted by molar-refractivity contribution is -0.132. The van der Waals surface area contributed by atoms with Gasteiger partial charge >= 0.3 is 6.03 Å². The number of nitrogens with zero attached hydrogens (tertiary/aromatic N) is 5. The second-order valence-corrected chi connectivity index (χ2v) is 7.00. The molecule has 0 aromatic heterocycles. The minimum atomic E-state index is -0.556. The molecule has 0 aromatic carbocycles. The third kappa shape index (κ3) is 3.13. The number of rotatable bonds is 3. The highest BCUT2D eigenvalue weighted by Gasteiger charge is 2.49. The van der Waals surface area contributed by atoms with Crippen LogP contribution in [0.3, 0.4) is 0 Å². The van der Waals surface area contributed by atoms with Crippen LogP contribution in [0.4, 0.5) is 4.79 Å². The smallest absolute Gasteiger partial charge is 0.325 e. The largest absolute Gasteiger partial charge is 0.339 e. The highest BCUT2D eigenvalue weighted by molar-refractivity contribution is 6.03. The molecule has 4 amide bonds. The lowest BCUT2D eigenvalue weighted by atomic mass is 10.1. The van der Waals surface area contributed by atoms with E-state index in [0.717, 1.165) is 5.57 Å². The molecule has 0 radical (unpaired) electrons. The summed E-state index contributed by atoms with van der Waals surface area (Å²) < 4.78 is 0. The number of aliphatic imine (C=N–C) groups is 1. The summed E-state index contributed by atoms with van der Waals surface area (Å²) in [5, 5.41) is 2.39. The van der Waals surface area contributed by atoms with Crippen molar-refractivity contribution in [2.75, 3.05) is 39.8 Å². The van der Waals surface area contributed by atoms with E-state index >= 15 is 0 Å². The molecule has 1 N–H and O–H groups in total. The Balaban J connectivity index is 1.82. The maximum atomic E-state index is 12.5. The molecule has 0 spiro atoms. The van der Waals surface area contributed by atoms with Gasteiger partial charge in [0.1, 0.15) is 0 Å². The Morgan fingerprint density at radius 3 is 2.50 bits per heavy atom. The molecule has 2 fully saturated rings. The predicted octanol–water partition coefficient (Wildman–Crippen LogP) is -0.335. The molecular formula is C17H26N6O3. The quantitative estimate of drug-likeness (QED) is 0.694. The van der Waals surface area contributed by atoms with E-state index in [1.807, 2.05) is 23.6 Å². The molecule has 0 aliphatic carbocycles. The van der Waals surface area contributed by atoms with Gasteiger partial charge in [0.15, 0.2) is 18.2 Å². The summed E-state index contributed by atoms with van der Waals surface area (Å²) >= 11 is 0. The molecule has 3 aliphatic heterocycles. The maximum absolute atomic E-state index is 12.5. The van der Waals surface area contributed by atoms with Crippen molar-refractivity contribution >= 4 is 23.8 Å². The molecule has 0 bridgehead atoms. The zero-order valence-electron chi connectivity index (χ0n) is 15.6. The first-order chi connectivity index (χ1) is 12.3. The van der Waals surface area contributed by atoms with Crippen molar-refractivity contribution in [1.82, 2.24) is 24.9 Å². The van der Waals surface area contributed by atoms with Gasteiger partial charge in [0.25, 0.3) is 5.91 Å². The van der Waals surface area contributed by atoms with Crippen molar-refractivity contribution in [3.63, 3.8) is 0 Å². The van der Waals surface area contributed by atoms with Crippen LogP contribution in [-0.2, 0) is 9.59 Å². The van der Waals surface area contributed by atoms with Crippen molar-refractivity contribution in [3.05, 3.63) is 12.2 Å². The Hall–Kier alpha value is -2.58. The SMILES string of the molecule is C=C(C)CN1C(N2CCN(C(=O)CC)CC2)=NC2C1C(=O)NC(=O)N2C. The van der Waals surface area contributed by atoms with Gasteiger partial charge in [-0.3, -0.25) is 14.9 Å². The van der Waals surface area contributed by atoms with Gasteiger partial charge in [-0.05, 0) is 6.92 Å². The first kappa shape index (κ1) is 18.2. The first-order valence-electron chi connectivity index (χ1n) is 8.92. The van der Waals surface area contributed by atoms with E-state index in [4.69, 9.17) is 4.99 Å². The van der Waals surface area contributed by atoms with Crippen LogP contribution in [0.1, 0.15) is 20.3 Å². The van der Waals surface area contributed by atoms with Gasteiger partial charge in [-0.2, -0.15) is 0 Å². The number of nitrogens with one attached hydrogen (secondary N) is 1. The van der Waals surface area contributed by atoms with Crippen LogP contribution < -0.4 is 5.32 Å². The molecule has 0 saturated carbocycles. The average molecular weight is 362 g/mol. The molecule has 9 nitrogen and oxygen atoms in total. The fraction of sp³-hybridized carbons (Fsp3) is 0.647. The van der Waals surface area contributed by atoms with Crippen molar-refractivity contribution < 1.29 is 14.4 Å². The highest BCUT2D eigenvalue weighted by Crippen LogP contribution is 2.26. The van der Waals surface area contributed by atoms with E-state index in [0.29, 0.717) is 45.1 Å². The number of carbonyl (C=O) groups is 3. The fourth-order valence-corrected chi connectivity index (χ4v) is 3.61. The Morgan fingerprint density at radius 1 is 1.27 bits per heavy atom. The van der Waals surface area contributed by atoms with Crippen LogP contribution in [0.5, 0.6) is 0 Å². The minimum Gasteiger partial charge on any atom is -0.339 e. The third-order valence-electron chi connectivity index (χ3n) is 5.00. The molecule has 2 atom stereocenters. The van der Waals surface area contributed by atoms with Gasteiger partial charge in [-0.25, -0.2) is 9.79 Å². The number of imide groups is 1. The highest BCUT2D eigenvalue weighted by atomic mass is 16.2. The van der Waals surface area contributed by atoms with Gasteiger partial charge in [0, 0.05) is 46.2 Å². The molecule has 2 unspecified atom stereocenters. The lowest BCUT2D eigenvalue weighted by Gasteiger charge is -2.40. The van der Waals surface area contributed by atoms with E-state index in [-0.39, 0.29) is 11.8 Å². The zero-order valence-corrected chi connectivity index (χ0v) is 15.6. The number of guanidine groups is 1. The van der Waals surface area contributed by atoms with E-state index < -0.39 is 18.2 Å². The van der Waals surface area contributed by atoms with E-state index in [1.165, 1.54) is 4.90 Å². The van der Waals surface area contributed by atoms with Crippen LogP contribution in [0.25, 0.3) is 0 Å². The first-order valence-corrected chi connectivity index (χ1v) is 8.92. The number of likely N-dealkylation sites (N-methyl/N-ethyl adjacent to an activating group) is 1. The molecule has 3 heterocycles. The molecule has 3 aliphatic rings. The Labute approximate surface area is 153 Å². The monoisotopic (exact) mass is 362 g/mol. The molecule has 142 valence electrons. The van der Waals surface area contributed by atoms with Crippen LogP contribution >= 0.6 is 0 Å². The predicted molar refractivity (Wildman–Crippen MR) is 96.3 cm³/mol. The molecule has 3 rings (SSSR count). The normalized spacial score (nSPS) is 25.9. The number of fused-ring (bicyclic) bond motifs is 1. The minimum absolute atomic E-state index is 0.148. The average Bonchev–Trinajstić information content (AvgIpc) is 2.98. The van der Waals surface area contributed by atoms with E-state index in [2.05, 4.69) is 16.8 Å². The molecular weight excluding hydrogens is 336 g/mol. The summed E-state index contributed by atoms with van der Waals surface area (Å²) in [7, 11) is 1.64. The summed E-state index contributed by atoms with van der Waals surface area (Å²) in [5.74, 6) is 0.511. The molecule has 9 heteroatoms. The molecule has 0 aromatic rings. The van der Waals surface area contributed by atoms with Gasteiger partial charge in [0.05, 0.1) is 0 Å². The second-order valence-electron chi connectivity index (χ2n) is 7.00. The van der Waals surface area contributed by atoms with Gasteiger partial charge in [-0.1, -0.05) is 19.1 Å². The number of piperazine rings is 1. The fourth-order valence-electron chi connectivity index (χ4n) is 3.61. The van der Waals surface area contributed by atoms with Crippen LogP contribution in [0.15, 0.2) is 17.1 Å². The summed E-state index contributed by atoms with van der Waals surface area (Å²) in [4.78, 5) is 48.3. The Kier molecular flexibility index (Phi) is 4.88. The van der Waals surface area contributed by atoms with E-state index in [9.17, 15) is 14.4 Å². The topological polar surface area (TPSA) is 88.6 Å². The Morgan fingerprint density at radius 2 is 1.92 bits per heavy atom. The zero-order chi connectivity index (χ0) is 19.0. The van der Waals surface area contributed by atoms with Crippen molar-refractivity contribution in [1.29, 1.82) is 0 Å². The van der Waals surface area contributed by atoms with Gasteiger partial charge in [-0.15, -0.1) is 0 Å². The third-order valence-corrected chi connectivity index (χ3v) is 5.00. The molecule has 2 saturated heterocycles. The van der Waals surface area contributed by atoms with Crippen molar-refractivity contribution in [3.8, 4) is 0 Å². The molecule has 26 heavy (non-hydrogen) atoms. The van der Waals surface area contributed by atoms with Crippen molar-refractivity contribution in [2.45, 2.75) is 32.5 Å². The Bertz CT molecular complexity index is 667. The standard InChI is InChI=1S/C17H26N6O3/c1-5-12(24)21-6-8-22(9-7-21)16-18-14-13(23(16)10-11(2)3)15(25)19-17(26)20(14)4/h13-14H,2,5-10H2,1,3-4H3,(H,19,25,26). The number of hydrogen-bond acceptors (Lipinski definition) is 6. The van der Waals surface area contributed by atoms with Crippen LogP contribution in [0, 0.1) is 0 Å². The van der Waals surface area contributed by atoms with E-state index in [1.54, 1.807) is 7.05 Å². The lowest BCUT2D eigenvalue weighted by Crippen LogP contribution is -2.64. The van der Waals surface area contributed by atoms with Crippen LogP contribution in [0.2, 0.25) is 0 Å². The number of urea groups is 1. The van der Waals surface area contributed by atoms with Gasteiger partial charge in [0.2, 0.25) is 5.91 Å². The number of amides is 4. The van der Waals surface area contributed by atoms with Crippen LogP contribution in [-0.4, -0.2) is 95.4 Å². The summed E-state index contributed by atoms with van der Waals surface area (Å²) in [6.45, 7) is 10.8. The van der Waals surface area contributed by atoms with Crippen molar-refractivity contribution in [2.24, 2.45) is 4.99 Å². The summed E-state index contributed by atoms with van der Waals surface area (Å²) in [6, 6.07) is -0.991. The maximum Gasteiger partial charge on any atom is 0.325 e. The summed E-state index contributed by atoms with van der Waals surface area (Å²) in [5.41, 5.74) is 0.908. The summed E-state index contributed by atoms with van der Waals surface area (Å²) in [6.07, 6.45) is -0.0409. The second kappa shape index (κ2) is 6.97.